The zero-order valence-electron chi connectivity index (χ0n) is 16.9. The summed E-state index contributed by atoms with van der Waals surface area (Å²) in [6.07, 6.45) is 0.990. The van der Waals surface area contributed by atoms with E-state index in [1.165, 1.54) is 23.3 Å². The first-order valence-electron chi connectivity index (χ1n) is 10.7. The van der Waals surface area contributed by atoms with Gasteiger partial charge in [-0.25, -0.2) is 9.82 Å². The highest BCUT2D eigenvalue weighted by molar-refractivity contribution is 5.80. The normalized spacial score (nSPS) is 24.0. The lowest BCUT2D eigenvalue weighted by atomic mass is 9.93. The topological polar surface area (TPSA) is 56.8 Å². The summed E-state index contributed by atoms with van der Waals surface area (Å²) < 4.78 is 18.8. The Morgan fingerprint density at radius 1 is 1.10 bits per heavy atom. The van der Waals surface area contributed by atoms with Gasteiger partial charge in [0.1, 0.15) is 11.6 Å². The molecular weight excluding hydrogens is 383 g/mol. The van der Waals surface area contributed by atoms with Gasteiger partial charge in [0, 0.05) is 45.7 Å². The molecule has 2 unspecified atom stereocenters. The number of amides is 1. The van der Waals surface area contributed by atoms with Crippen LogP contribution in [0.4, 0.5) is 4.39 Å². The lowest BCUT2D eigenvalue weighted by molar-refractivity contribution is -0.137. The second-order valence-corrected chi connectivity index (χ2v) is 8.30. The Morgan fingerprint density at radius 3 is 2.70 bits per heavy atom. The molecule has 0 aliphatic carbocycles. The third kappa shape index (κ3) is 3.93. The largest absolute Gasteiger partial charge is 0.493 e. The van der Waals surface area contributed by atoms with E-state index in [2.05, 4.69) is 34.0 Å². The van der Waals surface area contributed by atoms with E-state index in [1.54, 1.807) is 12.1 Å². The molecule has 2 saturated heterocycles. The van der Waals surface area contributed by atoms with Gasteiger partial charge in [-0.05, 0) is 34.9 Å². The number of hydrogen-bond donors (Lipinski definition) is 2. The molecule has 5 rings (SSSR count). The van der Waals surface area contributed by atoms with Crippen LogP contribution in [-0.4, -0.2) is 55.0 Å². The fourth-order valence-corrected chi connectivity index (χ4v) is 4.67. The molecular formula is C23H27FN4O2. The van der Waals surface area contributed by atoms with Crippen LogP contribution in [0, 0.1) is 11.7 Å². The molecule has 7 heteroatoms. The summed E-state index contributed by atoms with van der Waals surface area (Å²) in [6, 6.07) is 12.7. The smallest absolute Gasteiger partial charge is 0.229 e. The van der Waals surface area contributed by atoms with E-state index in [0.717, 1.165) is 57.1 Å². The van der Waals surface area contributed by atoms with Crippen LogP contribution in [0.1, 0.15) is 22.7 Å². The number of piperazine rings is 1. The maximum atomic E-state index is 13.3. The monoisotopic (exact) mass is 410 g/mol. The lowest BCUT2D eigenvalue weighted by Crippen LogP contribution is -2.50. The average molecular weight is 410 g/mol. The molecule has 0 aromatic heterocycles. The van der Waals surface area contributed by atoms with Crippen molar-refractivity contribution in [3.63, 3.8) is 0 Å². The van der Waals surface area contributed by atoms with Crippen LogP contribution in [0.5, 0.6) is 5.75 Å². The maximum Gasteiger partial charge on any atom is 0.229 e. The van der Waals surface area contributed by atoms with Crippen molar-refractivity contribution in [2.45, 2.75) is 19.0 Å². The standard InChI is InChI=1S/C23H27FN4O2/c24-19-4-2-17(3-5-19)22-20(14-25-26-22)23(29)28-10-8-27(9-11-28)15-16-1-6-21-18(13-16)7-12-30-21/h1-6,13,20,22,25-26H,7-12,14-15H2. The highest BCUT2D eigenvalue weighted by Crippen LogP contribution is 2.28. The van der Waals surface area contributed by atoms with Gasteiger partial charge < -0.3 is 9.64 Å². The molecule has 0 radical (unpaired) electrons. The first-order chi connectivity index (χ1) is 14.7. The van der Waals surface area contributed by atoms with Gasteiger partial charge in [0.05, 0.1) is 18.6 Å². The van der Waals surface area contributed by atoms with E-state index < -0.39 is 0 Å². The number of ether oxygens (including phenoxy) is 1. The van der Waals surface area contributed by atoms with Crippen LogP contribution in [-0.2, 0) is 17.8 Å². The number of halogens is 1. The number of rotatable bonds is 4. The highest BCUT2D eigenvalue weighted by atomic mass is 19.1. The first-order valence-corrected chi connectivity index (χ1v) is 10.7. The molecule has 0 saturated carbocycles. The third-order valence-electron chi connectivity index (χ3n) is 6.37. The number of hydrazine groups is 1. The molecule has 3 aliphatic rings. The summed E-state index contributed by atoms with van der Waals surface area (Å²) >= 11 is 0. The van der Waals surface area contributed by atoms with Crippen LogP contribution in [0.15, 0.2) is 42.5 Å². The molecule has 6 nitrogen and oxygen atoms in total. The van der Waals surface area contributed by atoms with Gasteiger partial charge in [0.2, 0.25) is 5.91 Å². The molecule has 1 amide bonds. The molecule has 158 valence electrons. The minimum Gasteiger partial charge on any atom is -0.493 e. The molecule has 3 heterocycles. The van der Waals surface area contributed by atoms with E-state index in [9.17, 15) is 9.18 Å². The number of nitrogens with zero attached hydrogens (tertiary/aromatic N) is 2. The molecule has 3 aliphatic heterocycles. The zero-order chi connectivity index (χ0) is 20.5. The van der Waals surface area contributed by atoms with Crippen LogP contribution in [0.25, 0.3) is 0 Å². The second-order valence-electron chi connectivity index (χ2n) is 8.30. The molecule has 2 N–H and O–H groups in total. The van der Waals surface area contributed by atoms with Crippen molar-refractivity contribution in [2.75, 3.05) is 39.3 Å². The lowest BCUT2D eigenvalue weighted by Gasteiger charge is -2.36. The predicted octanol–water partition coefficient (Wildman–Crippen LogP) is 1.87. The molecule has 2 fully saturated rings. The van der Waals surface area contributed by atoms with E-state index in [-0.39, 0.29) is 23.7 Å². The van der Waals surface area contributed by atoms with Crippen molar-refractivity contribution in [2.24, 2.45) is 5.92 Å². The molecule has 2 aromatic rings. The van der Waals surface area contributed by atoms with E-state index in [4.69, 9.17) is 4.74 Å². The fraction of sp³-hybridized carbons (Fsp3) is 0.435. The number of carbonyl (C=O) groups excluding carboxylic acids is 1. The van der Waals surface area contributed by atoms with Crippen LogP contribution in [0.2, 0.25) is 0 Å². The number of benzene rings is 2. The molecule has 0 spiro atoms. The summed E-state index contributed by atoms with van der Waals surface area (Å²) in [5.74, 6) is 0.734. The van der Waals surface area contributed by atoms with Gasteiger partial charge in [0.15, 0.2) is 0 Å². The number of carbonyl (C=O) groups is 1. The Hall–Kier alpha value is -2.48. The molecule has 0 bridgehead atoms. The summed E-state index contributed by atoms with van der Waals surface area (Å²) in [4.78, 5) is 17.6. The summed E-state index contributed by atoms with van der Waals surface area (Å²) in [5, 5.41) is 0. The van der Waals surface area contributed by atoms with Gasteiger partial charge >= 0.3 is 0 Å². The summed E-state index contributed by atoms with van der Waals surface area (Å²) in [7, 11) is 0. The summed E-state index contributed by atoms with van der Waals surface area (Å²) in [6.45, 7) is 5.48. The highest BCUT2D eigenvalue weighted by Gasteiger charge is 2.37. The van der Waals surface area contributed by atoms with Gasteiger partial charge in [-0.15, -0.1) is 0 Å². The third-order valence-corrected chi connectivity index (χ3v) is 6.37. The average Bonchev–Trinajstić information content (AvgIpc) is 3.44. The Labute approximate surface area is 176 Å². The van der Waals surface area contributed by atoms with Crippen molar-refractivity contribution < 1.29 is 13.9 Å². The van der Waals surface area contributed by atoms with Crippen LogP contribution in [0.3, 0.4) is 0 Å². The Balaban J connectivity index is 1.18. The second kappa shape index (κ2) is 8.34. The predicted molar refractivity (Wildman–Crippen MR) is 111 cm³/mol. The summed E-state index contributed by atoms with van der Waals surface area (Å²) in [5.41, 5.74) is 9.82. The van der Waals surface area contributed by atoms with Crippen molar-refractivity contribution >= 4 is 5.91 Å². The van der Waals surface area contributed by atoms with Gasteiger partial charge in [-0.3, -0.25) is 15.1 Å². The van der Waals surface area contributed by atoms with E-state index in [0.29, 0.717) is 6.54 Å². The Bertz CT molecular complexity index is 912. The Kier molecular flexibility index (Phi) is 5.41. The van der Waals surface area contributed by atoms with Crippen molar-refractivity contribution in [3.8, 4) is 5.75 Å². The van der Waals surface area contributed by atoms with Crippen molar-refractivity contribution in [3.05, 3.63) is 65.0 Å². The minimum atomic E-state index is -0.264. The van der Waals surface area contributed by atoms with Gasteiger partial charge in [-0.2, -0.15) is 0 Å². The number of hydrogen-bond acceptors (Lipinski definition) is 5. The SMILES string of the molecule is O=C(C1CNNC1c1ccc(F)cc1)N1CCN(Cc2ccc3c(c2)CCO3)CC1. The fourth-order valence-electron chi connectivity index (χ4n) is 4.67. The zero-order valence-corrected chi connectivity index (χ0v) is 16.9. The molecule has 30 heavy (non-hydrogen) atoms. The van der Waals surface area contributed by atoms with Crippen LogP contribution < -0.4 is 15.6 Å². The number of nitrogens with one attached hydrogen (secondary N) is 2. The van der Waals surface area contributed by atoms with Crippen molar-refractivity contribution in [1.82, 2.24) is 20.7 Å². The van der Waals surface area contributed by atoms with Crippen LogP contribution >= 0.6 is 0 Å². The maximum absolute atomic E-state index is 13.3. The Morgan fingerprint density at radius 2 is 1.90 bits per heavy atom. The minimum absolute atomic E-state index is 0.134. The van der Waals surface area contributed by atoms with Gasteiger partial charge in [0.25, 0.3) is 0 Å². The quantitative estimate of drug-likeness (QED) is 0.806. The van der Waals surface area contributed by atoms with E-state index >= 15 is 0 Å². The first kappa shape index (κ1) is 19.5. The molecule has 2 aromatic carbocycles. The van der Waals surface area contributed by atoms with Crippen molar-refractivity contribution in [1.29, 1.82) is 0 Å². The van der Waals surface area contributed by atoms with E-state index in [1.807, 2.05) is 4.90 Å². The number of fused-ring (bicyclic) bond motifs is 1. The molecule has 2 atom stereocenters. The van der Waals surface area contributed by atoms with Gasteiger partial charge in [-0.1, -0.05) is 24.3 Å².